The van der Waals surface area contributed by atoms with Gasteiger partial charge >= 0.3 is 5.51 Å². The van der Waals surface area contributed by atoms with E-state index in [2.05, 4.69) is 9.97 Å². The number of hydrogen-bond donors (Lipinski definition) is 1. The lowest BCUT2D eigenvalue weighted by Crippen LogP contribution is -2.32. The van der Waals surface area contributed by atoms with E-state index in [1.54, 1.807) is 47.1 Å². The highest BCUT2D eigenvalue weighted by Crippen LogP contribution is 2.43. The molecule has 1 atom stereocenters. The van der Waals surface area contributed by atoms with E-state index in [0.717, 1.165) is 5.56 Å². The number of nitrogens with zero attached hydrogens (tertiary/aromatic N) is 4. The number of alkyl halides is 3. The van der Waals surface area contributed by atoms with E-state index in [-0.39, 0.29) is 29.2 Å². The van der Waals surface area contributed by atoms with Crippen LogP contribution in [0.1, 0.15) is 27.5 Å². The average molecular weight is 473 g/mol. The maximum atomic E-state index is 13.4. The molecule has 2 aromatic carbocycles. The molecule has 33 heavy (non-hydrogen) atoms. The van der Waals surface area contributed by atoms with Gasteiger partial charge in [0.15, 0.2) is 0 Å². The molecule has 0 saturated carbocycles. The fraction of sp³-hybridized carbons (Fsp3) is 0.227. The molecule has 0 spiro atoms. The maximum absolute atomic E-state index is 13.4. The van der Waals surface area contributed by atoms with Crippen LogP contribution in [0.3, 0.4) is 0 Å². The number of rotatable bonds is 3. The highest BCUT2D eigenvalue weighted by atomic mass is 32.2. The molecule has 7 nitrogen and oxygen atoms in total. The third-order valence-electron chi connectivity index (χ3n) is 5.72. The third-order valence-corrected chi connectivity index (χ3v) is 6.44. The van der Waals surface area contributed by atoms with Crippen LogP contribution in [0.5, 0.6) is 5.75 Å². The van der Waals surface area contributed by atoms with Crippen molar-refractivity contribution >= 4 is 40.0 Å². The number of likely N-dealkylation sites (N-methyl/N-ethyl adjacent to an activating group) is 1. The number of carbonyl (C=O) groups is 1. The standard InChI is InChI=1S/C22H18F3N5O2S/c1-11-5-15-16(30-10-27-8-17(30)20(26)28-15)7-14(11)21(31)29(2)18-9-32-19-6-12(3-4-13(18)19)33-22(23,24)25/h3-8,10,18H,9H2,1-2H3,(H2,26,28)/t18-/m1/s1. The van der Waals surface area contributed by atoms with Crippen molar-refractivity contribution in [1.29, 1.82) is 0 Å². The largest absolute Gasteiger partial charge is 0.491 e. The Morgan fingerprint density at radius 2 is 2.06 bits per heavy atom. The number of hydrogen-bond acceptors (Lipinski definition) is 6. The van der Waals surface area contributed by atoms with Crippen molar-refractivity contribution < 1.29 is 22.7 Å². The van der Waals surface area contributed by atoms with Gasteiger partial charge in [-0.25, -0.2) is 9.97 Å². The Kier molecular flexibility index (Phi) is 4.89. The average Bonchev–Trinajstić information content (AvgIpc) is 3.39. The van der Waals surface area contributed by atoms with E-state index < -0.39 is 11.6 Å². The summed E-state index contributed by atoms with van der Waals surface area (Å²) in [6.07, 6.45) is 3.22. The molecule has 0 radical (unpaired) electrons. The van der Waals surface area contributed by atoms with Gasteiger partial charge in [-0.15, -0.1) is 0 Å². The highest BCUT2D eigenvalue weighted by molar-refractivity contribution is 8.00. The molecule has 11 heteroatoms. The Bertz CT molecular complexity index is 1420. The lowest BCUT2D eigenvalue weighted by Gasteiger charge is -2.25. The first-order valence-corrected chi connectivity index (χ1v) is 10.8. The summed E-state index contributed by atoms with van der Waals surface area (Å²) in [5.41, 5.74) is 5.47. The number of thioether (sulfide) groups is 1. The summed E-state index contributed by atoms with van der Waals surface area (Å²) in [6, 6.07) is 7.46. The number of anilines is 1. The molecule has 0 unspecified atom stereocenters. The molecule has 1 aliphatic heterocycles. The van der Waals surface area contributed by atoms with E-state index in [1.807, 2.05) is 6.92 Å². The lowest BCUT2D eigenvalue weighted by atomic mass is 10.0. The minimum atomic E-state index is -4.38. The van der Waals surface area contributed by atoms with Crippen molar-refractivity contribution in [2.75, 3.05) is 19.4 Å². The molecule has 0 bridgehead atoms. The second-order valence-electron chi connectivity index (χ2n) is 7.79. The number of benzene rings is 2. The van der Waals surface area contributed by atoms with Crippen molar-refractivity contribution in [3.05, 3.63) is 59.5 Å². The van der Waals surface area contributed by atoms with Gasteiger partial charge in [0, 0.05) is 23.1 Å². The Morgan fingerprint density at radius 3 is 2.82 bits per heavy atom. The molecule has 4 aromatic rings. The smallest absolute Gasteiger partial charge is 0.446 e. The summed E-state index contributed by atoms with van der Waals surface area (Å²) < 4.78 is 45.5. The van der Waals surface area contributed by atoms with Crippen molar-refractivity contribution in [1.82, 2.24) is 19.3 Å². The van der Waals surface area contributed by atoms with Crippen LogP contribution in [-0.4, -0.2) is 44.3 Å². The van der Waals surface area contributed by atoms with Crippen molar-refractivity contribution in [3.8, 4) is 5.75 Å². The number of ether oxygens (including phenoxy) is 1. The number of nitrogens with two attached hydrogens (primary N) is 1. The number of aryl methyl sites for hydroxylation is 1. The minimum Gasteiger partial charge on any atom is -0.491 e. The summed E-state index contributed by atoms with van der Waals surface area (Å²) in [4.78, 5) is 23.6. The number of amides is 1. The Labute approximate surface area is 190 Å². The summed E-state index contributed by atoms with van der Waals surface area (Å²) in [5.74, 6) is 0.456. The van der Waals surface area contributed by atoms with E-state index >= 15 is 0 Å². The zero-order chi connectivity index (χ0) is 23.5. The number of halogens is 3. The molecule has 2 aromatic heterocycles. The molecule has 1 aliphatic rings. The Hall–Kier alpha value is -3.47. The van der Waals surface area contributed by atoms with E-state index in [1.165, 1.54) is 12.1 Å². The number of fused-ring (bicyclic) bond motifs is 4. The van der Waals surface area contributed by atoms with Gasteiger partial charge in [-0.05, 0) is 48.5 Å². The highest BCUT2D eigenvalue weighted by Gasteiger charge is 2.34. The maximum Gasteiger partial charge on any atom is 0.446 e. The zero-order valence-electron chi connectivity index (χ0n) is 17.6. The number of carbonyl (C=O) groups excluding carboxylic acids is 1. The minimum absolute atomic E-state index is 0.0392. The predicted octanol–water partition coefficient (Wildman–Crippen LogP) is 4.59. The van der Waals surface area contributed by atoms with Crippen LogP contribution >= 0.6 is 11.8 Å². The van der Waals surface area contributed by atoms with Gasteiger partial charge in [0.25, 0.3) is 5.91 Å². The molecule has 0 aliphatic carbocycles. The summed E-state index contributed by atoms with van der Waals surface area (Å²) in [7, 11) is 1.65. The fourth-order valence-electron chi connectivity index (χ4n) is 4.08. The van der Waals surface area contributed by atoms with Gasteiger partial charge in [0.1, 0.15) is 23.7 Å². The summed E-state index contributed by atoms with van der Waals surface area (Å²) in [5, 5.41) is 0. The van der Waals surface area contributed by atoms with Gasteiger partial charge in [-0.3, -0.25) is 9.20 Å². The second kappa shape index (κ2) is 7.55. The fourth-order valence-corrected chi connectivity index (χ4v) is 4.65. The first-order chi connectivity index (χ1) is 15.6. The second-order valence-corrected chi connectivity index (χ2v) is 8.93. The molecular formula is C22H18F3N5O2S. The zero-order valence-corrected chi connectivity index (χ0v) is 18.4. The molecule has 2 N–H and O–H groups in total. The van der Waals surface area contributed by atoms with Crippen LogP contribution in [-0.2, 0) is 0 Å². The van der Waals surface area contributed by atoms with Crippen LogP contribution in [0.2, 0.25) is 0 Å². The summed E-state index contributed by atoms with van der Waals surface area (Å²) in [6.45, 7) is 1.98. The Morgan fingerprint density at radius 1 is 1.27 bits per heavy atom. The van der Waals surface area contributed by atoms with Crippen LogP contribution in [0.15, 0.2) is 47.8 Å². The molecule has 0 saturated heterocycles. The SMILES string of the molecule is Cc1cc2nc(N)c3cncn3c2cc1C(=O)N(C)[C@@H]1COc2cc(SC(F)(F)F)ccc21. The molecule has 5 rings (SSSR count). The summed E-state index contributed by atoms with van der Waals surface area (Å²) >= 11 is -0.198. The van der Waals surface area contributed by atoms with E-state index in [9.17, 15) is 18.0 Å². The third kappa shape index (κ3) is 3.71. The van der Waals surface area contributed by atoms with Crippen LogP contribution in [0, 0.1) is 6.92 Å². The Balaban J connectivity index is 1.48. The topological polar surface area (TPSA) is 85.8 Å². The van der Waals surface area contributed by atoms with Gasteiger partial charge < -0.3 is 15.4 Å². The molecule has 0 fully saturated rings. The molecule has 3 heterocycles. The monoisotopic (exact) mass is 473 g/mol. The van der Waals surface area contributed by atoms with E-state index in [4.69, 9.17) is 10.5 Å². The van der Waals surface area contributed by atoms with Gasteiger partial charge in [-0.1, -0.05) is 6.07 Å². The van der Waals surface area contributed by atoms with Crippen molar-refractivity contribution in [3.63, 3.8) is 0 Å². The normalized spacial score (nSPS) is 15.6. The first-order valence-electron chi connectivity index (χ1n) is 9.94. The van der Waals surface area contributed by atoms with Gasteiger partial charge in [0.2, 0.25) is 0 Å². The lowest BCUT2D eigenvalue weighted by molar-refractivity contribution is -0.0328. The number of aromatic nitrogens is 3. The molecule has 170 valence electrons. The van der Waals surface area contributed by atoms with Crippen molar-refractivity contribution in [2.24, 2.45) is 0 Å². The van der Waals surface area contributed by atoms with Gasteiger partial charge in [-0.2, -0.15) is 13.2 Å². The predicted molar refractivity (Wildman–Crippen MR) is 118 cm³/mol. The van der Waals surface area contributed by atoms with Crippen LogP contribution in [0.25, 0.3) is 16.6 Å². The quantitative estimate of drug-likeness (QED) is 0.438. The van der Waals surface area contributed by atoms with Gasteiger partial charge in [0.05, 0.1) is 29.6 Å². The molecular weight excluding hydrogens is 455 g/mol. The van der Waals surface area contributed by atoms with Crippen LogP contribution in [0.4, 0.5) is 19.0 Å². The van der Waals surface area contributed by atoms with E-state index in [0.29, 0.717) is 39.2 Å². The van der Waals surface area contributed by atoms with Crippen molar-refractivity contribution in [2.45, 2.75) is 23.4 Å². The molecule has 1 amide bonds. The number of nitrogen functional groups attached to an aromatic ring is 1. The first kappa shape index (κ1) is 21.4. The number of imidazole rings is 1. The van der Waals surface area contributed by atoms with Crippen LogP contribution < -0.4 is 10.5 Å².